The van der Waals surface area contributed by atoms with Crippen LogP contribution in [0.5, 0.6) is 0 Å². The molecule has 0 heterocycles. The number of benzene rings is 1. The summed E-state index contributed by atoms with van der Waals surface area (Å²) in [5, 5.41) is 3.09. The van der Waals surface area contributed by atoms with Gasteiger partial charge in [-0.2, -0.15) is 0 Å². The van der Waals surface area contributed by atoms with Crippen molar-refractivity contribution in [3.05, 3.63) is 28.8 Å². The molecule has 2 unspecified atom stereocenters. The highest BCUT2D eigenvalue weighted by atomic mass is 16.1. The molecule has 0 bridgehead atoms. The van der Waals surface area contributed by atoms with Crippen LogP contribution in [0.3, 0.4) is 0 Å². The Hall–Kier alpha value is -1.51. The number of hydrogen-bond donors (Lipinski definition) is 2. The second kappa shape index (κ2) is 6.29. The number of hydrogen-bond acceptors (Lipinski definition) is 2. The van der Waals surface area contributed by atoms with Gasteiger partial charge in [-0.15, -0.1) is 0 Å². The Kier molecular flexibility index (Phi) is 4.69. The number of anilines is 1. The van der Waals surface area contributed by atoms with Gasteiger partial charge >= 0.3 is 0 Å². The molecule has 0 saturated heterocycles. The first-order valence-electron chi connectivity index (χ1n) is 7.64. The average molecular weight is 274 g/mol. The third kappa shape index (κ3) is 3.33. The molecular weight excluding hydrogens is 248 g/mol. The molecule has 3 N–H and O–H groups in total. The molecule has 1 aliphatic carbocycles. The minimum atomic E-state index is 0.00646. The van der Waals surface area contributed by atoms with Crippen molar-refractivity contribution >= 4 is 11.6 Å². The topological polar surface area (TPSA) is 55.1 Å². The summed E-state index contributed by atoms with van der Waals surface area (Å²) in [5.74, 6) is 1.34. The Bertz CT molecular complexity index is 496. The predicted molar refractivity (Wildman–Crippen MR) is 83.8 cm³/mol. The van der Waals surface area contributed by atoms with Crippen LogP contribution in [-0.2, 0) is 0 Å². The van der Waals surface area contributed by atoms with Crippen molar-refractivity contribution in [3.8, 4) is 0 Å². The van der Waals surface area contributed by atoms with Crippen molar-refractivity contribution in [1.82, 2.24) is 5.32 Å². The summed E-state index contributed by atoms with van der Waals surface area (Å²) in [5.41, 5.74) is 9.32. The van der Waals surface area contributed by atoms with E-state index in [4.69, 9.17) is 5.73 Å². The quantitative estimate of drug-likeness (QED) is 0.830. The highest BCUT2D eigenvalue weighted by Gasteiger charge is 2.22. The maximum absolute atomic E-state index is 12.3. The van der Waals surface area contributed by atoms with E-state index in [1.165, 1.54) is 25.7 Å². The van der Waals surface area contributed by atoms with Gasteiger partial charge in [0.15, 0.2) is 0 Å². The van der Waals surface area contributed by atoms with E-state index in [1.807, 2.05) is 19.9 Å². The standard InChI is InChI=1S/C17H26N2O/c1-11-6-4-5-7-14(11)10-19-17(20)15-9-16(18)13(3)8-12(15)2/h8-9,11,14H,4-7,10,18H2,1-3H3,(H,19,20). The molecule has 1 aromatic carbocycles. The molecule has 0 aliphatic heterocycles. The highest BCUT2D eigenvalue weighted by molar-refractivity contribution is 5.96. The first kappa shape index (κ1) is 14.9. The van der Waals surface area contributed by atoms with Crippen LogP contribution in [0.4, 0.5) is 5.69 Å². The van der Waals surface area contributed by atoms with E-state index in [0.29, 0.717) is 23.1 Å². The van der Waals surface area contributed by atoms with Crippen LogP contribution in [0.25, 0.3) is 0 Å². The molecule has 2 rings (SSSR count). The molecule has 20 heavy (non-hydrogen) atoms. The van der Waals surface area contributed by atoms with E-state index in [1.54, 1.807) is 6.07 Å². The Morgan fingerprint density at radius 2 is 1.95 bits per heavy atom. The zero-order chi connectivity index (χ0) is 14.7. The number of carbonyl (C=O) groups excluding carboxylic acids is 1. The molecule has 1 fully saturated rings. The van der Waals surface area contributed by atoms with E-state index in [2.05, 4.69) is 12.2 Å². The van der Waals surface area contributed by atoms with Gasteiger partial charge in [0.2, 0.25) is 0 Å². The van der Waals surface area contributed by atoms with Crippen molar-refractivity contribution in [3.63, 3.8) is 0 Å². The summed E-state index contributed by atoms with van der Waals surface area (Å²) in [6.07, 6.45) is 5.15. The van der Waals surface area contributed by atoms with E-state index in [0.717, 1.165) is 17.7 Å². The molecule has 3 heteroatoms. The van der Waals surface area contributed by atoms with Gasteiger partial charge in [0, 0.05) is 17.8 Å². The molecule has 0 aromatic heterocycles. The van der Waals surface area contributed by atoms with Crippen molar-refractivity contribution in [2.24, 2.45) is 11.8 Å². The summed E-state index contributed by atoms with van der Waals surface area (Å²) >= 11 is 0. The Balaban J connectivity index is 2.00. The molecule has 2 atom stereocenters. The lowest BCUT2D eigenvalue weighted by Gasteiger charge is -2.28. The molecule has 1 aliphatic rings. The molecule has 1 amide bonds. The van der Waals surface area contributed by atoms with Crippen molar-refractivity contribution in [1.29, 1.82) is 0 Å². The largest absolute Gasteiger partial charge is 0.398 e. The number of rotatable bonds is 3. The second-order valence-corrected chi connectivity index (χ2v) is 6.26. The maximum Gasteiger partial charge on any atom is 0.251 e. The molecule has 0 radical (unpaired) electrons. The molecule has 1 saturated carbocycles. The van der Waals surface area contributed by atoms with Crippen LogP contribution in [0.1, 0.15) is 54.1 Å². The van der Waals surface area contributed by atoms with Crippen LogP contribution in [0.2, 0.25) is 0 Å². The smallest absolute Gasteiger partial charge is 0.251 e. The van der Waals surface area contributed by atoms with Crippen LogP contribution in [0.15, 0.2) is 12.1 Å². The highest BCUT2D eigenvalue weighted by Crippen LogP contribution is 2.29. The SMILES string of the molecule is Cc1cc(C)c(C(=O)NCC2CCCCC2C)cc1N. The number of nitrogens with one attached hydrogen (secondary N) is 1. The van der Waals surface area contributed by atoms with Gasteiger partial charge in [-0.25, -0.2) is 0 Å². The van der Waals surface area contributed by atoms with E-state index < -0.39 is 0 Å². The maximum atomic E-state index is 12.3. The fourth-order valence-electron chi connectivity index (χ4n) is 3.13. The van der Waals surface area contributed by atoms with Gasteiger partial charge in [0.1, 0.15) is 0 Å². The third-order valence-electron chi connectivity index (χ3n) is 4.67. The normalized spacial score (nSPS) is 22.6. The zero-order valence-corrected chi connectivity index (χ0v) is 12.8. The molecule has 110 valence electrons. The summed E-state index contributed by atoms with van der Waals surface area (Å²) in [4.78, 5) is 12.3. The van der Waals surface area contributed by atoms with Gasteiger partial charge < -0.3 is 11.1 Å². The number of carbonyl (C=O) groups is 1. The minimum Gasteiger partial charge on any atom is -0.398 e. The van der Waals surface area contributed by atoms with Crippen LogP contribution in [-0.4, -0.2) is 12.5 Å². The average Bonchev–Trinajstić information content (AvgIpc) is 2.41. The van der Waals surface area contributed by atoms with E-state index >= 15 is 0 Å². The van der Waals surface area contributed by atoms with Gasteiger partial charge in [0.25, 0.3) is 5.91 Å². The Labute approximate surface area is 121 Å². The fraction of sp³-hybridized carbons (Fsp3) is 0.588. The van der Waals surface area contributed by atoms with Crippen molar-refractivity contribution < 1.29 is 4.79 Å². The van der Waals surface area contributed by atoms with Crippen LogP contribution < -0.4 is 11.1 Å². The first-order valence-corrected chi connectivity index (χ1v) is 7.64. The van der Waals surface area contributed by atoms with Crippen LogP contribution in [0, 0.1) is 25.7 Å². The van der Waals surface area contributed by atoms with E-state index in [9.17, 15) is 4.79 Å². The van der Waals surface area contributed by atoms with Crippen LogP contribution >= 0.6 is 0 Å². The second-order valence-electron chi connectivity index (χ2n) is 6.26. The number of amides is 1. The summed E-state index contributed by atoms with van der Waals surface area (Å²) in [6, 6.07) is 3.78. The Morgan fingerprint density at radius 3 is 2.65 bits per heavy atom. The van der Waals surface area contributed by atoms with E-state index in [-0.39, 0.29) is 5.91 Å². The molecular formula is C17H26N2O. The zero-order valence-electron chi connectivity index (χ0n) is 12.8. The summed E-state index contributed by atoms with van der Waals surface area (Å²) in [6.45, 7) is 7.01. The lowest BCUT2D eigenvalue weighted by molar-refractivity contribution is 0.0936. The molecule has 0 spiro atoms. The number of nitrogen functional groups attached to an aromatic ring is 1. The molecule has 3 nitrogen and oxygen atoms in total. The number of nitrogens with two attached hydrogens (primary N) is 1. The lowest BCUT2D eigenvalue weighted by atomic mass is 9.80. The summed E-state index contributed by atoms with van der Waals surface area (Å²) < 4.78 is 0. The van der Waals surface area contributed by atoms with Gasteiger partial charge in [-0.05, 0) is 49.3 Å². The summed E-state index contributed by atoms with van der Waals surface area (Å²) in [7, 11) is 0. The third-order valence-corrected chi connectivity index (χ3v) is 4.67. The van der Waals surface area contributed by atoms with Gasteiger partial charge in [-0.3, -0.25) is 4.79 Å². The fourth-order valence-corrected chi connectivity index (χ4v) is 3.13. The lowest BCUT2D eigenvalue weighted by Crippen LogP contribution is -2.33. The first-order chi connectivity index (χ1) is 9.49. The van der Waals surface area contributed by atoms with Gasteiger partial charge in [-0.1, -0.05) is 32.3 Å². The molecule has 1 aromatic rings. The Morgan fingerprint density at radius 1 is 1.25 bits per heavy atom. The minimum absolute atomic E-state index is 0.00646. The monoisotopic (exact) mass is 274 g/mol. The van der Waals surface area contributed by atoms with Gasteiger partial charge in [0.05, 0.1) is 0 Å². The predicted octanol–water partition coefficient (Wildman–Crippen LogP) is 3.44. The number of aryl methyl sites for hydroxylation is 2. The van der Waals surface area contributed by atoms with Crippen molar-refractivity contribution in [2.45, 2.75) is 46.5 Å². The van der Waals surface area contributed by atoms with Crippen molar-refractivity contribution in [2.75, 3.05) is 12.3 Å².